The van der Waals surface area contributed by atoms with Crippen LogP contribution in [0, 0.1) is 15.5 Å². The fraction of sp³-hybridized carbons (Fsp3) is 0.478. The van der Waals surface area contributed by atoms with Gasteiger partial charge in [-0.05, 0) is 37.3 Å². The molecule has 8 nitrogen and oxygen atoms in total. The molecule has 1 aliphatic heterocycles. The molecule has 1 heterocycles. The topological polar surface area (TPSA) is 108 Å². The van der Waals surface area contributed by atoms with Gasteiger partial charge in [0, 0.05) is 53.1 Å². The number of esters is 1. The number of allylic oxidation sites excluding steroid dienone is 3. The number of dihydropyridines is 1. The number of hydrogen-bond acceptors (Lipinski definition) is 7. The van der Waals surface area contributed by atoms with E-state index in [1.807, 2.05) is 20.8 Å². The van der Waals surface area contributed by atoms with Crippen molar-refractivity contribution in [2.75, 3.05) is 19.8 Å². The number of nitrogens with one attached hydrogen (secondary N) is 1. The minimum absolute atomic E-state index is 0.0473. The third kappa shape index (κ3) is 4.86. The minimum Gasteiger partial charge on any atom is -0.460 e. The Morgan fingerprint density at radius 1 is 1.31 bits per heavy atom. The van der Waals surface area contributed by atoms with Crippen LogP contribution in [-0.4, -0.2) is 36.5 Å². The summed E-state index contributed by atoms with van der Waals surface area (Å²) in [5.41, 5.74) is 1.78. The van der Waals surface area contributed by atoms with Crippen LogP contribution in [0.15, 0.2) is 40.7 Å². The molecule has 32 heavy (non-hydrogen) atoms. The lowest BCUT2D eigenvalue weighted by Gasteiger charge is -2.39. The van der Waals surface area contributed by atoms with E-state index in [0.717, 1.165) is 0 Å². The molecule has 0 unspecified atom stereocenters. The van der Waals surface area contributed by atoms with Crippen molar-refractivity contribution in [2.24, 2.45) is 5.41 Å². The van der Waals surface area contributed by atoms with Crippen LogP contribution in [0.2, 0.25) is 5.02 Å². The third-order valence-corrected chi connectivity index (χ3v) is 5.97. The van der Waals surface area contributed by atoms with Gasteiger partial charge in [0.2, 0.25) is 0 Å². The van der Waals surface area contributed by atoms with Crippen molar-refractivity contribution in [1.82, 2.24) is 5.32 Å². The van der Waals surface area contributed by atoms with Crippen molar-refractivity contribution in [3.63, 3.8) is 0 Å². The fourth-order valence-electron chi connectivity index (χ4n) is 4.30. The molecule has 1 aliphatic carbocycles. The number of nitrogens with zero attached hydrogens (tertiary/aromatic N) is 1. The maximum Gasteiger partial charge on any atom is 0.336 e. The number of ketones is 1. The van der Waals surface area contributed by atoms with Crippen molar-refractivity contribution >= 4 is 29.0 Å². The summed E-state index contributed by atoms with van der Waals surface area (Å²) in [5, 5.41) is 14.9. The van der Waals surface area contributed by atoms with Crippen LogP contribution in [0.3, 0.4) is 0 Å². The smallest absolute Gasteiger partial charge is 0.336 e. The molecule has 172 valence electrons. The molecule has 0 saturated carbocycles. The Morgan fingerprint density at radius 2 is 2.03 bits per heavy atom. The zero-order valence-corrected chi connectivity index (χ0v) is 19.4. The van der Waals surface area contributed by atoms with Crippen molar-refractivity contribution in [2.45, 2.75) is 46.5 Å². The second-order valence-corrected chi connectivity index (χ2v) is 9.13. The number of carbonyl (C=O) groups is 2. The van der Waals surface area contributed by atoms with Crippen molar-refractivity contribution in [3.8, 4) is 0 Å². The molecule has 1 aromatic rings. The van der Waals surface area contributed by atoms with E-state index in [2.05, 4.69) is 5.32 Å². The highest BCUT2D eigenvalue weighted by atomic mass is 35.5. The highest BCUT2D eigenvalue weighted by Gasteiger charge is 2.44. The van der Waals surface area contributed by atoms with E-state index in [4.69, 9.17) is 21.1 Å². The van der Waals surface area contributed by atoms with Crippen molar-refractivity contribution < 1.29 is 24.0 Å². The van der Waals surface area contributed by atoms with E-state index in [1.165, 1.54) is 18.2 Å². The second kappa shape index (κ2) is 9.42. The summed E-state index contributed by atoms with van der Waals surface area (Å²) in [5.74, 6) is -1.60. The van der Waals surface area contributed by atoms with Gasteiger partial charge in [-0.25, -0.2) is 4.79 Å². The van der Waals surface area contributed by atoms with Crippen molar-refractivity contribution in [3.05, 3.63) is 61.4 Å². The molecule has 0 bridgehead atoms. The number of rotatable bonds is 7. The van der Waals surface area contributed by atoms with Crippen LogP contribution < -0.4 is 5.32 Å². The Kier molecular flexibility index (Phi) is 7.05. The van der Waals surface area contributed by atoms with E-state index in [-0.39, 0.29) is 40.7 Å². The van der Waals surface area contributed by atoms with Crippen LogP contribution >= 0.6 is 11.6 Å². The van der Waals surface area contributed by atoms with Gasteiger partial charge in [0.15, 0.2) is 5.78 Å². The lowest BCUT2D eigenvalue weighted by Crippen LogP contribution is -2.39. The fourth-order valence-corrected chi connectivity index (χ4v) is 4.53. The van der Waals surface area contributed by atoms with Gasteiger partial charge in [-0.1, -0.05) is 25.4 Å². The molecule has 1 atom stereocenters. The Balaban J connectivity index is 2.13. The molecule has 0 spiro atoms. The highest BCUT2D eigenvalue weighted by molar-refractivity contribution is 6.31. The van der Waals surface area contributed by atoms with Gasteiger partial charge in [-0.2, -0.15) is 0 Å². The highest BCUT2D eigenvalue weighted by Crippen LogP contribution is 2.48. The molecule has 3 rings (SSSR count). The molecule has 0 fully saturated rings. The summed E-state index contributed by atoms with van der Waals surface area (Å²) in [7, 11) is 0. The first kappa shape index (κ1) is 23.9. The summed E-state index contributed by atoms with van der Waals surface area (Å²) in [4.78, 5) is 37.3. The van der Waals surface area contributed by atoms with Crippen LogP contribution in [0.25, 0.3) is 0 Å². The summed E-state index contributed by atoms with van der Waals surface area (Å²) in [6.07, 6.45) is 0.892. The number of halogens is 1. The van der Waals surface area contributed by atoms with Gasteiger partial charge >= 0.3 is 5.97 Å². The van der Waals surface area contributed by atoms with Crippen molar-refractivity contribution in [1.29, 1.82) is 0 Å². The monoisotopic (exact) mass is 462 g/mol. The molecule has 0 saturated heterocycles. The largest absolute Gasteiger partial charge is 0.460 e. The first-order valence-corrected chi connectivity index (χ1v) is 10.9. The van der Waals surface area contributed by atoms with Crippen LogP contribution in [0.4, 0.5) is 5.69 Å². The Morgan fingerprint density at radius 3 is 2.69 bits per heavy atom. The summed E-state index contributed by atoms with van der Waals surface area (Å²) >= 11 is 6.46. The molecule has 2 aliphatic rings. The van der Waals surface area contributed by atoms with Gasteiger partial charge in [0.25, 0.3) is 5.69 Å². The zero-order valence-electron chi connectivity index (χ0n) is 18.6. The van der Waals surface area contributed by atoms with E-state index in [1.54, 1.807) is 6.92 Å². The summed E-state index contributed by atoms with van der Waals surface area (Å²) < 4.78 is 10.6. The molecular weight excluding hydrogens is 436 g/mol. The van der Waals surface area contributed by atoms with E-state index >= 15 is 0 Å². The molecule has 9 heteroatoms. The zero-order chi connectivity index (χ0) is 23.6. The average Bonchev–Trinajstić information content (AvgIpc) is 2.69. The molecule has 0 radical (unpaired) electrons. The molecule has 0 aromatic heterocycles. The second-order valence-electron chi connectivity index (χ2n) is 8.73. The SMILES string of the molecule is CCOCCOC(=O)C1=C(C)NC2=C(C(=O)CC(C)(C)C2)[C@H]1c1cc([N+](=O)[O-])ccc1Cl. The summed E-state index contributed by atoms with van der Waals surface area (Å²) in [6, 6.07) is 4.04. The van der Waals surface area contributed by atoms with Gasteiger partial charge in [0.05, 0.1) is 17.1 Å². The number of nitro benzene ring substituents is 1. The number of carbonyl (C=O) groups excluding carboxylic acids is 2. The van der Waals surface area contributed by atoms with Crippen LogP contribution in [0.5, 0.6) is 0 Å². The Labute approximate surface area is 191 Å². The predicted molar refractivity (Wildman–Crippen MR) is 119 cm³/mol. The number of benzene rings is 1. The normalized spacial score (nSPS) is 20.0. The number of nitro groups is 1. The van der Waals surface area contributed by atoms with E-state index in [9.17, 15) is 19.7 Å². The Hall–Kier alpha value is -2.71. The Bertz CT molecular complexity index is 1030. The lowest BCUT2D eigenvalue weighted by atomic mass is 9.68. The predicted octanol–water partition coefficient (Wildman–Crippen LogP) is 4.43. The van der Waals surface area contributed by atoms with E-state index in [0.29, 0.717) is 42.0 Å². The third-order valence-electron chi connectivity index (χ3n) is 5.63. The number of Topliss-reactive ketones (excluding diaryl/α,β-unsaturated/α-hetero) is 1. The standard InChI is InChI=1S/C23H27ClN2O6/c1-5-31-8-9-32-22(28)19-13(2)25-17-11-23(3,4)12-18(27)21(17)20(19)15-10-14(26(29)30)6-7-16(15)24/h6-7,10,20,25H,5,8-9,11-12H2,1-4H3/t20-/m0/s1. The molecule has 0 amide bonds. The van der Waals surface area contributed by atoms with Gasteiger partial charge in [-0.15, -0.1) is 0 Å². The maximum absolute atomic E-state index is 13.3. The van der Waals surface area contributed by atoms with Crippen LogP contribution in [-0.2, 0) is 19.1 Å². The average molecular weight is 463 g/mol. The minimum atomic E-state index is -0.859. The summed E-state index contributed by atoms with van der Waals surface area (Å²) in [6.45, 7) is 8.35. The first-order chi connectivity index (χ1) is 15.1. The van der Waals surface area contributed by atoms with Crippen LogP contribution in [0.1, 0.15) is 52.0 Å². The van der Waals surface area contributed by atoms with Gasteiger partial charge < -0.3 is 14.8 Å². The molecular formula is C23H27ClN2O6. The molecule has 1 N–H and O–H groups in total. The number of non-ortho nitro benzene ring substituents is 1. The lowest BCUT2D eigenvalue weighted by molar-refractivity contribution is -0.384. The first-order valence-electron chi connectivity index (χ1n) is 10.5. The van der Waals surface area contributed by atoms with E-state index < -0.39 is 16.8 Å². The van der Waals surface area contributed by atoms with Gasteiger partial charge in [0.1, 0.15) is 6.61 Å². The number of hydrogen-bond donors (Lipinski definition) is 1. The molecule has 1 aromatic carbocycles. The van der Waals surface area contributed by atoms with Gasteiger partial charge in [-0.3, -0.25) is 14.9 Å². The maximum atomic E-state index is 13.3. The quantitative estimate of drug-likeness (QED) is 0.276. The number of ether oxygens (including phenoxy) is 2.